The van der Waals surface area contributed by atoms with Crippen molar-refractivity contribution >= 4 is 5.91 Å². The van der Waals surface area contributed by atoms with Gasteiger partial charge >= 0.3 is 0 Å². The second-order valence-corrected chi connectivity index (χ2v) is 5.38. The van der Waals surface area contributed by atoms with Crippen LogP contribution in [0.5, 0.6) is 0 Å². The largest absolute Gasteiger partial charge is 0.393 e. The van der Waals surface area contributed by atoms with Crippen LogP contribution in [-0.4, -0.2) is 34.6 Å². The van der Waals surface area contributed by atoms with Gasteiger partial charge in [-0.3, -0.25) is 4.79 Å². The third-order valence-corrected chi connectivity index (χ3v) is 4.37. The Bertz CT molecular complexity index is 431. The van der Waals surface area contributed by atoms with Gasteiger partial charge in [-0.25, -0.2) is 0 Å². The lowest BCUT2D eigenvalue weighted by Gasteiger charge is -2.40. The Morgan fingerprint density at radius 1 is 1.17 bits per heavy atom. The third-order valence-electron chi connectivity index (χ3n) is 4.37. The van der Waals surface area contributed by atoms with Crippen molar-refractivity contribution in [2.24, 2.45) is 5.92 Å². The van der Waals surface area contributed by atoms with Crippen LogP contribution in [0.25, 0.3) is 0 Å². The van der Waals surface area contributed by atoms with Crippen LogP contribution in [-0.2, 0) is 0 Å². The van der Waals surface area contributed by atoms with Gasteiger partial charge in [0.25, 0.3) is 5.91 Å². The molecule has 1 aliphatic heterocycles. The fourth-order valence-corrected chi connectivity index (χ4v) is 3.45. The van der Waals surface area contributed by atoms with E-state index >= 15 is 0 Å². The summed E-state index contributed by atoms with van der Waals surface area (Å²) < 4.78 is 0. The maximum absolute atomic E-state index is 12.5. The van der Waals surface area contributed by atoms with E-state index in [4.69, 9.17) is 0 Å². The first-order valence-electron chi connectivity index (χ1n) is 6.81. The number of rotatable bonds is 1. The van der Waals surface area contributed by atoms with Crippen molar-refractivity contribution in [2.75, 3.05) is 6.54 Å². The molecule has 1 aromatic rings. The lowest BCUT2D eigenvalue weighted by atomic mass is 9.88. The van der Waals surface area contributed by atoms with Crippen LogP contribution in [0.3, 0.4) is 0 Å². The summed E-state index contributed by atoms with van der Waals surface area (Å²) in [5.41, 5.74) is 0.763. The minimum absolute atomic E-state index is 0.124. The second-order valence-electron chi connectivity index (χ2n) is 5.38. The smallest absolute Gasteiger partial charge is 0.254 e. The van der Waals surface area contributed by atoms with Crippen LogP contribution in [0.2, 0.25) is 0 Å². The van der Waals surface area contributed by atoms with Gasteiger partial charge in [0, 0.05) is 24.1 Å². The van der Waals surface area contributed by atoms with Gasteiger partial charge in [0.05, 0.1) is 6.10 Å². The van der Waals surface area contributed by atoms with Crippen LogP contribution >= 0.6 is 0 Å². The van der Waals surface area contributed by atoms with Crippen molar-refractivity contribution in [1.29, 1.82) is 0 Å². The molecule has 0 spiro atoms. The molecule has 3 rings (SSSR count). The molecule has 3 nitrogen and oxygen atoms in total. The summed E-state index contributed by atoms with van der Waals surface area (Å²) in [4.78, 5) is 14.5. The molecule has 1 amide bonds. The third kappa shape index (κ3) is 1.93. The highest BCUT2D eigenvalue weighted by Crippen LogP contribution is 2.37. The highest BCUT2D eigenvalue weighted by molar-refractivity contribution is 5.94. The summed E-state index contributed by atoms with van der Waals surface area (Å²) in [5, 5.41) is 10.0. The molecule has 1 N–H and O–H groups in total. The van der Waals surface area contributed by atoms with Crippen molar-refractivity contribution in [3.05, 3.63) is 35.9 Å². The fraction of sp³-hybridized carbons (Fsp3) is 0.533. The summed E-state index contributed by atoms with van der Waals surface area (Å²) in [6.45, 7) is 0.691. The first kappa shape index (κ1) is 11.7. The van der Waals surface area contributed by atoms with Crippen LogP contribution < -0.4 is 0 Å². The zero-order valence-electron chi connectivity index (χ0n) is 10.5. The van der Waals surface area contributed by atoms with E-state index in [0.29, 0.717) is 12.5 Å². The summed E-state index contributed by atoms with van der Waals surface area (Å²) in [5.74, 6) is 0.422. The Morgan fingerprint density at radius 3 is 2.72 bits per heavy atom. The average Bonchev–Trinajstić information content (AvgIpc) is 2.90. The Kier molecular flexibility index (Phi) is 3.08. The van der Waals surface area contributed by atoms with Crippen molar-refractivity contribution in [1.82, 2.24) is 4.90 Å². The lowest BCUT2D eigenvalue weighted by molar-refractivity contribution is 0.00258. The Hall–Kier alpha value is -1.35. The number of amides is 1. The molecule has 2 aliphatic rings. The maximum Gasteiger partial charge on any atom is 0.254 e. The van der Waals surface area contributed by atoms with Crippen LogP contribution in [0.15, 0.2) is 30.3 Å². The summed E-state index contributed by atoms with van der Waals surface area (Å²) >= 11 is 0. The predicted octanol–water partition coefficient (Wildman–Crippen LogP) is 2.06. The first-order chi connectivity index (χ1) is 8.77. The van der Waals surface area contributed by atoms with E-state index < -0.39 is 0 Å². The zero-order valence-corrected chi connectivity index (χ0v) is 10.5. The fourth-order valence-electron chi connectivity index (χ4n) is 3.45. The van der Waals surface area contributed by atoms with E-state index in [9.17, 15) is 9.90 Å². The number of carbonyl (C=O) groups is 1. The van der Waals surface area contributed by atoms with E-state index in [1.165, 1.54) is 0 Å². The molecule has 3 heteroatoms. The monoisotopic (exact) mass is 245 g/mol. The minimum atomic E-state index is -0.211. The first-order valence-corrected chi connectivity index (χ1v) is 6.81. The quantitative estimate of drug-likeness (QED) is 0.822. The number of nitrogens with zero attached hydrogens (tertiary/aromatic N) is 1. The molecule has 1 saturated heterocycles. The van der Waals surface area contributed by atoms with Gasteiger partial charge in [0.15, 0.2) is 0 Å². The molecular weight excluding hydrogens is 226 g/mol. The summed E-state index contributed by atoms with van der Waals surface area (Å²) in [7, 11) is 0. The van der Waals surface area contributed by atoms with Gasteiger partial charge in [-0.15, -0.1) is 0 Å². The molecule has 18 heavy (non-hydrogen) atoms. The van der Waals surface area contributed by atoms with Crippen LogP contribution in [0, 0.1) is 5.92 Å². The van der Waals surface area contributed by atoms with Gasteiger partial charge < -0.3 is 10.0 Å². The molecule has 1 aromatic carbocycles. The molecule has 0 radical (unpaired) electrons. The highest BCUT2D eigenvalue weighted by Gasteiger charge is 2.42. The number of piperidine rings is 1. The number of likely N-dealkylation sites (tertiary alicyclic amines) is 1. The number of carbonyl (C=O) groups excluding carboxylic acids is 1. The normalized spacial score (nSPS) is 31.2. The van der Waals surface area contributed by atoms with Crippen molar-refractivity contribution in [3.63, 3.8) is 0 Å². The molecule has 0 unspecified atom stereocenters. The average molecular weight is 245 g/mol. The Morgan fingerprint density at radius 2 is 1.94 bits per heavy atom. The number of hydrogen-bond acceptors (Lipinski definition) is 2. The van der Waals surface area contributed by atoms with E-state index in [1.807, 2.05) is 35.2 Å². The van der Waals surface area contributed by atoms with Crippen LogP contribution in [0.4, 0.5) is 0 Å². The molecule has 96 valence electrons. The van der Waals surface area contributed by atoms with E-state index in [-0.39, 0.29) is 18.1 Å². The molecule has 0 bridgehead atoms. The van der Waals surface area contributed by atoms with Gasteiger partial charge in [0.1, 0.15) is 0 Å². The maximum atomic E-state index is 12.5. The Balaban J connectivity index is 1.82. The van der Waals surface area contributed by atoms with Gasteiger partial charge in [0.2, 0.25) is 0 Å². The topological polar surface area (TPSA) is 40.5 Å². The molecule has 0 aromatic heterocycles. The van der Waals surface area contributed by atoms with Crippen molar-refractivity contribution in [3.8, 4) is 0 Å². The van der Waals surface area contributed by atoms with E-state index in [1.54, 1.807) is 0 Å². The molecule has 1 aliphatic carbocycles. The standard InChI is InChI=1S/C15H19NO2/c17-14-9-10-16(13-8-4-7-12(13)14)15(18)11-5-2-1-3-6-11/h1-3,5-6,12-14,17H,4,7-10H2/t12-,13-,14-/m1/s1. The molecular formula is C15H19NO2. The van der Waals surface area contributed by atoms with Gasteiger partial charge in [-0.1, -0.05) is 24.6 Å². The summed E-state index contributed by atoms with van der Waals surface area (Å²) in [6, 6.07) is 9.72. The number of aliphatic hydroxyl groups excluding tert-OH is 1. The van der Waals surface area contributed by atoms with E-state index in [2.05, 4.69) is 0 Å². The summed E-state index contributed by atoms with van der Waals surface area (Å²) in [6.07, 6.45) is 3.74. The highest BCUT2D eigenvalue weighted by atomic mass is 16.3. The Labute approximate surface area is 107 Å². The van der Waals surface area contributed by atoms with E-state index in [0.717, 1.165) is 31.2 Å². The number of aliphatic hydroxyl groups is 1. The number of hydrogen-bond donors (Lipinski definition) is 1. The van der Waals surface area contributed by atoms with Crippen LogP contribution in [0.1, 0.15) is 36.0 Å². The SMILES string of the molecule is O=C(c1ccccc1)N1CC[C@@H](O)[C@@H]2CCC[C@H]21. The van der Waals surface area contributed by atoms with Gasteiger partial charge in [-0.2, -0.15) is 0 Å². The number of benzene rings is 1. The molecule has 1 saturated carbocycles. The molecule has 1 heterocycles. The number of fused-ring (bicyclic) bond motifs is 1. The van der Waals surface area contributed by atoms with Crippen molar-refractivity contribution < 1.29 is 9.90 Å². The minimum Gasteiger partial charge on any atom is -0.393 e. The second kappa shape index (κ2) is 4.73. The molecule has 3 atom stereocenters. The molecule has 2 fully saturated rings. The van der Waals surface area contributed by atoms with Crippen molar-refractivity contribution in [2.45, 2.75) is 37.8 Å². The lowest BCUT2D eigenvalue weighted by Crippen LogP contribution is -2.51. The zero-order chi connectivity index (χ0) is 12.5. The predicted molar refractivity (Wildman–Crippen MR) is 69.2 cm³/mol. The van der Waals surface area contributed by atoms with Gasteiger partial charge in [-0.05, 0) is 31.4 Å².